The number of nitriles is 3. The summed E-state index contributed by atoms with van der Waals surface area (Å²) in [6.07, 6.45) is -0.487. The molecule has 29 heteroatoms. The number of amides is 2. The number of piperazine rings is 3. The topological polar surface area (TPSA) is 331 Å². The highest BCUT2D eigenvalue weighted by atomic mass is 35.5. The van der Waals surface area contributed by atoms with Gasteiger partial charge in [0.2, 0.25) is 22.5 Å². The van der Waals surface area contributed by atoms with Crippen LogP contribution < -0.4 is 42.1 Å². The third-order valence-electron chi connectivity index (χ3n) is 13.6. The van der Waals surface area contributed by atoms with Gasteiger partial charge in [-0.05, 0) is 183 Å². The molecular weight excluding hydrogens is 1330 g/mol. The summed E-state index contributed by atoms with van der Waals surface area (Å²) in [5.41, 5.74) is 13.6. The lowest BCUT2D eigenvalue weighted by atomic mass is 10.2. The third-order valence-corrected chi connectivity index (χ3v) is 14.1. The minimum atomic E-state index is -0.500. The predicted molar refractivity (Wildman–Crippen MR) is 395 cm³/mol. The highest BCUT2D eigenvalue weighted by Crippen LogP contribution is 2.24. The molecule has 0 spiro atoms. The fourth-order valence-electron chi connectivity index (χ4n) is 8.94. The minimum Gasteiger partial charge on any atom is -0.444 e. The maximum Gasteiger partial charge on any atom is 0.410 e. The molecule has 524 valence electrons. The summed E-state index contributed by atoms with van der Waals surface area (Å²) in [5, 5.41) is 43.3. The van der Waals surface area contributed by atoms with Crippen molar-refractivity contribution < 1.29 is 19.1 Å². The number of aromatic nitrogens is 8. The Labute approximate surface area is 600 Å². The average Bonchev–Trinajstić information content (AvgIpc) is 0.839. The van der Waals surface area contributed by atoms with Gasteiger partial charge in [-0.25, -0.2) is 44.3 Å². The van der Waals surface area contributed by atoms with Crippen molar-refractivity contribution in [1.29, 1.82) is 15.8 Å². The van der Waals surface area contributed by atoms with E-state index < -0.39 is 5.60 Å². The predicted octanol–water partition coefficient (Wildman–Crippen LogP) is 13.7. The van der Waals surface area contributed by atoms with E-state index in [0.717, 1.165) is 104 Å². The van der Waals surface area contributed by atoms with Gasteiger partial charge in [0.25, 0.3) is 0 Å². The van der Waals surface area contributed by atoms with Gasteiger partial charge in [0, 0.05) is 142 Å². The van der Waals surface area contributed by atoms with Crippen LogP contribution in [0.4, 0.5) is 67.4 Å². The third kappa shape index (κ3) is 29.2. The molecule has 2 amide bonds. The Morgan fingerprint density at radius 3 is 1.18 bits per heavy atom. The summed E-state index contributed by atoms with van der Waals surface area (Å²) in [7, 11) is 0. The van der Waals surface area contributed by atoms with Gasteiger partial charge in [-0.2, -0.15) is 25.8 Å². The average molecular weight is 1420 g/mol. The van der Waals surface area contributed by atoms with E-state index in [2.05, 4.69) is 99.3 Å². The number of carbonyl (C=O) groups is 2. The number of ether oxygens (including phenoxy) is 2. The number of halogens is 3. The zero-order valence-corrected chi connectivity index (χ0v) is 59.3. The molecule has 7 N–H and O–H groups in total. The first-order valence-corrected chi connectivity index (χ1v) is 32.6. The largest absolute Gasteiger partial charge is 0.444 e. The van der Waals surface area contributed by atoms with Crippen molar-refractivity contribution in [3.05, 3.63) is 188 Å². The van der Waals surface area contributed by atoms with Crippen molar-refractivity contribution in [2.75, 3.05) is 110 Å². The number of anilines is 9. The summed E-state index contributed by atoms with van der Waals surface area (Å²) in [5.74, 6) is 3.48. The molecule has 100 heavy (non-hydrogen) atoms. The van der Waals surface area contributed by atoms with Gasteiger partial charge in [0.05, 0.1) is 41.5 Å². The first-order valence-electron chi connectivity index (χ1n) is 31.5. The van der Waals surface area contributed by atoms with E-state index in [0.29, 0.717) is 77.0 Å². The zero-order chi connectivity index (χ0) is 72.1. The van der Waals surface area contributed by atoms with Gasteiger partial charge >= 0.3 is 12.2 Å². The fourth-order valence-corrected chi connectivity index (χ4v) is 9.67. The normalized spacial score (nSPS) is 13.0. The van der Waals surface area contributed by atoms with Gasteiger partial charge in [-0.15, -0.1) is 0 Å². The smallest absolute Gasteiger partial charge is 0.410 e. The molecule has 3 saturated heterocycles. The summed E-state index contributed by atoms with van der Waals surface area (Å²) < 4.78 is 10.7. The standard InChI is InChI=1S/C21H26N6O2.C16H18N6.C12H9ClN4.C9H18N2O2.C7H6N2.C5H4Cl2N2.CH4/c1-15-13-18(24-17-7-5-16(14-22)6-8-17)25-19(23-15)26-9-11-27(12-10-26)20(28)29-21(2,3)4;1-12-10-15(20-14-4-2-13(11-17)3-5-14)21-16(19-12)22-8-6-18-7-9-22;1-8-6-11(17-12(13)15-8)16-10-4-2-9(7-14)3-5-10;1-9(2,3)13-8(12)11-6-4-10-5-7-11;1-9-7-4-2-6(8)3-5-7;1-3-2-4(6)9-5(7)8-3;/h5-8,13H,9-12H2,1-4H3,(H,23,24,25);2-5,10,18H,6-9H2,1H3,(H,19,20,21);2-6H,1H3,(H,15,16,17);10H,4-7H2,1-3H3;2-5H,8H2;2H,1H3;1H4. The van der Waals surface area contributed by atoms with Gasteiger partial charge in [-0.1, -0.05) is 31.2 Å². The van der Waals surface area contributed by atoms with Crippen LogP contribution in [0, 0.1) is 68.3 Å². The van der Waals surface area contributed by atoms with E-state index >= 15 is 0 Å². The SMILES string of the molecule is C.CC(C)(C)OC(=O)N1CCNCC1.Cc1cc(Cl)nc(Cl)n1.Cc1cc(Nc2ccc(C#N)cc2)nc(Cl)n1.Cc1cc(Nc2ccc(C#N)cc2)nc(N2CCN(C(=O)OC(C)(C)C)CC2)n1.Cc1cc(Nc2ccc(C#N)cc2)nc(N2CCNCC2)n1.[C-]#[N+]c1ccc(N)cc1. The number of nitrogens with zero attached hydrogens (tertiary/aromatic N) is 16. The van der Waals surface area contributed by atoms with Crippen LogP contribution in [0.1, 0.15) is 88.4 Å². The molecule has 7 heterocycles. The number of nitrogens with two attached hydrogens (primary N) is 1. The fraction of sp³-hybridized carbons (Fsp3) is 0.352. The molecule has 0 aliphatic carbocycles. The molecule has 0 bridgehead atoms. The lowest BCUT2D eigenvalue weighted by Crippen LogP contribution is -2.50. The highest BCUT2D eigenvalue weighted by Gasteiger charge is 2.28. The second-order valence-electron chi connectivity index (χ2n) is 24.2. The van der Waals surface area contributed by atoms with Crippen molar-refractivity contribution in [3.8, 4) is 18.2 Å². The first-order chi connectivity index (χ1) is 47.1. The number of hydrogen-bond donors (Lipinski definition) is 6. The highest BCUT2D eigenvalue weighted by molar-refractivity contribution is 6.31. The molecule has 11 rings (SSSR count). The summed E-state index contributed by atoms with van der Waals surface area (Å²) >= 11 is 16.7. The number of benzene rings is 4. The molecule has 3 aliphatic heterocycles. The monoisotopic (exact) mass is 1410 g/mol. The van der Waals surface area contributed by atoms with E-state index in [1.165, 1.54) is 0 Å². The number of aryl methyl sites for hydroxylation is 4. The molecule has 26 nitrogen and oxygen atoms in total. The van der Waals surface area contributed by atoms with Crippen LogP contribution in [-0.4, -0.2) is 152 Å². The van der Waals surface area contributed by atoms with Crippen molar-refractivity contribution in [1.82, 2.24) is 60.3 Å². The molecule has 4 aromatic carbocycles. The second kappa shape index (κ2) is 39.6. The van der Waals surface area contributed by atoms with Gasteiger partial charge < -0.3 is 61.4 Å². The molecule has 8 aromatic rings. The molecule has 4 aromatic heterocycles. The molecular formula is C71H85Cl3N22O4. The number of nitrogens with one attached hydrogen (secondary N) is 5. The molecule has 0 radical (unpaired) electrons. The first kappa shape index (κ1) is 80.0. The summed E-state index contributed by atoms with van der Waals surface area (Å²) in [4.78, 5) is 68.4. The van der Waals surface area contributed by atoms with Crippen molar-refractivity contribution in [2.24, 2.45) is 0 Å². The van der Waals surface area contributed by atoms with Crippen LogP contribution in [-0.2, 0) is 9.47 Å². The lowest BCUT2D eigenvalue weighted by Gasteiger charge is -2.35. The Morgan fingerprint density at radius 1 is 0.490 bits per heavy atom. The minimum absolute atomic E-state index is 0. The van der Waals surface area contributed by atoms with E-state index in [1.54, 1.807) is 89.5 Å². The van der Waals surface area contributed by atoms with Crippen LogP contribution >= 0.6 is 34.8 Å². The Balaban J connectivity index is 0.000000227. The quantitative estimate of drug-likeness (QED) is 0.0356. The Morgan fingerprint density at radius 2 is 0.830 bits per heavy atom. The van der Waals surface area contributed by atoms with E-state index in [1.807, 2.05) is 111 Å². The maximum absolute atomic E-state index is 12.2. The van der Waals surface area contributed by atoms with Crippen LogP contribution in [0.5, 0.6) is 0 Å². The zero-order valence-electron chi connectivity index (χ0n) is 57.0. The van der Waals surface area contributed by atoms with Gasteiger partial charge in [-0.3, -0.25) is 0 Å². The second-order valence-corrected chi connectivity index (χ2v) is 25.3. The number of hydrogen-bond acceptors (Lipinski definition) is 23. The van der Waals surface area contributed by atoms with Crippen molar-refractivity contribution in [3.63, 3.8) is 0 Å². The van der Waals surface area contributed by atoms with E-state index in [-0.39, 0.29) is 35.8 Å². The molecule has 3 aliphatic rings. The Bertz CT molecular complexity index is 4020. The molecule has 3 fully saturated rings. The van der Waals surface area contributed by atoms with Crippen LogP contribution in [0.15, 0.2) is 121 Å². The molecule has 0 unspecified atom stereocenters. The number of rotatable bonds is 8. The van der Waals surface area contributed by atoms with E-state index in [9.17, 15) is 9.59 Å². The van der Waals surface area contributed by atoms with Crippen LogP contribution in [0.25, 0.3) is 4.85 Å². The maximum atomic E-state index is 12.2. The Kier molecular flexibility index (Phi) is 31.7. The lowest BCUT2D eigenvalue weighted by molar-refractivity contribution is 0.0223. The molecule has 0 atom stereocenters. The van der Waals surface area contributed by atoms with Crippen LogP contribution in [0.3, 0.4) is 0 Å². The Hall–Kier alpha value is -10.7. The van der Waals surface area contributed by atoms with Crippen LogP contribution in [0.2, 0.25) is 15.7 Å². The van der Waals surface area contributed by atoms with Crippen molar-refractivity contribution >= 4 is 105 Å². The summed E-state index contributed by atoms with van der Waals surface area (Å²) in [6.45, 7) is 34.7. The number of carbonyl (C=O) groups excluding carboxylic acids is 2. The van der Waals surface area contributed by atoms with Gasteiger partial charge in [0.1, 0.15) is 33.8 Å². The van der Waals surface area contributed by atoms with E-state index in [4.69, 9.17) is 72.4 Å². The summed E-state index contributed by atoms with van der Waals surface area (Å²) in [6, 6.07) is 42.0. The van der Waals surface area contributed by atoms with Gasteiger partial charge in [0.15, 0.2) is 5.69 Å². The van der Waals surface area contributed by atoms with Crippen molar-refractivity contribution in [2.45, 2.75) is 87.9 Å². The molecule has 0 saturated carbocycles. The number of nitrogen functional groups attached to an aromatic ring is 1.